The molecule has 0 saturated heterocycles. The topological polar surface area (TPSA) is 42.2 Å². The van der Waals surface area contributed by atoms with Crippen LogP contribution in [0.2, 0.25) is 0 Å². The number of hydrogen-bond donors (Lipinski definition) is 0. The van der Waals surface area contributed by atoms with Crippen molar-refractivity contribution in [1.82, 2.24) is 9.97 Å². The van der Waals surface area contributed by atoms with Crippen LogP contribution in [-0.2, 0) is 0 Å². The Morgan fingerprint density at radius 1 is 0.558 bits per heavy atom. The van der Waals surface area contributed by atoms with Gasteiger partial charge >= 0.3 is 0 Å². The van der Waals surface area contributed by atoms with Gasteiger partial charge in [0.05, 0.1) is 11.4 Å². The van der Waals surface area contributed by atoms with Crippen molar-refractivity contribution in [2.45, 2.75) is 0 Å². The van der Waals surface area contributed by atoms with Crippen LogP contribution >= 0.6 is 11.3 Å². The van der Waals surface area contributed by atoms with Crippen molar-refractivity contribution in [3.8, 4) is 22.4 Å². The largest absolute Gasteiger partial charge is 0.452 e. The first kappa shape index (κ1) is 23.1. The second-order valence-electron chi connectivity index (χ2n) is 11.0. The third-order valence-electron chi connectivity index (χ3n) is 8.63. The van der Waals surface area contributed by atoms with Gasteiger partial charge < -0.3 is 4.42 Å². The molecule has 43 heavy (non-hydrogen) atoms. The number of hydrogen-bond acceptors (Lipinski definition) is 5. The van der Waals surface area contributed by atoms with E-state index in [-0.39, 0.29) is 0 Å². The summed E-state index contributed by atoms with van der Waals surface area (Å²) in [5, 5.41) is 5.87. The average Bonchev–Trinajstić information content (AvgIpc) is 3.63. The number of para-hydroxylation sites is 2. The molecule has 5 heteroatoms. The van der Waals surface area contributed by atoms with Crippen molar-refractivity contribution in [1.29, 1.82) is 0 Å². The van der Waals surface area contributed by atoms with Gasteiger partial charge in [-0.1, -0.05) is 97.1 Å². The van der Waals surface area contributed by atoms with Crippen molar-refractivity contribution >= 4 is 81.7 Å². The Morgan fingerprint density at radius 2 is 1.26 bits per heavy atom. The first-order chi connectivity index (χ1) is 21.3. The zero-order valence-electron chi connectivity index (χ0n) is 22.8. The summed E-state index contributed by atoms with van der Waals surface area (Å²) in [5.74, 6) is 0.627. The monoisotopic (exact) mass is 567 g/mol. The third-order valence-corrected chi connectivity index (χ3v) is 9.85. The molecule has 9 aromatic rings. The Labute approximate surface area is 250 Å². The van der Waals surface area contributed by atoms with Crippen molar-refractivity contribution < 1.29 is 4.42 Å². The van der Waals surface area contributed by atoms with Crippen LogP contribution < -0.4 is 4.90 Å². The molecule has 0 fully saturated rings. The number of fused-ring (bicyclic) bond motifs is 8. The Bertz CT molecular complexity index is 2590. The summed E-state index contributed by atoms with van der Waals surface area (Å²) in [4.78, 5) is 12.9. The highest BCUT2D eigenvalue weighted by atomic mass is 32.1. The second kappa shape index (κ2) is 8.51. The summed E-state index contributed by atoms with van der Waals surface area (Å²) >= 11 is 1.80. The Kier molecular flexibility index (Phi) is 4.57. The van der Waals surface area contributed by atoms with Crippen LogP contribution in [0, 0.1) is 0 Å². The van der Waals surface area contributed by atoms with E-state index in [1.165, 1.54) is 42.1 Å². The van der Waals surface area contributed by atoms with E-state index in [0.29, 0.717) is 11.5 Å². The summed E-state index contributed by atoms with van der Waals surface area (Å²) in [5.41, 5.74) is 8.71. The van der Waals surface area contributed by atoms with E-state index in [2.05, 4.69) is 114 Å². The lowest BCUT2D eigenvalue weighted by molar-refractivity contribution is 0.667. The fourth-order valence-corrected chi connectivity index (χ4v) is 7.99. The number of thiophene rings is 1. The van der Waals surface area contributed by atoms with E-state index in [4.69, 9.17) is 14.4 Å². The molecule has 3 aromatic heterocycles. The van der Waals surface area contributed by atoms with E-state index in [9.17, 15) is 0 Å². The minimum Gasteiger partial charge on any atom is -0.452 e. The molecular weight excluding hydrogens is 547 g/mol. The number of anilines is 3. The molecule has 0 aliphatic carbocycles. The molecule has 0 spiro atoms. The number of furan rings is 1. The maximum absolute atomic E-state index is 6.55. The Morgan fingerprint density at radius 3 is 2.21 bits per heavy atom. The molecule has 0 bridgehead atoms. The van der Waals surface area contributed by atoms with E-state index in [1.807, 2.05) is 18.2 Å². The smallest absolute Gasteiger partial charge is 0.236 e. The molecule has 0 unspecified atom stereocenters. The highest BCUT2D eigenvalue weighted by molar-refractivity contribution is 7.26. The molecule has 6 aromatic carbocycles. The summed E-state index contributed by atoms with van der Waals surface area (Å²) in [6.07, 6.45) is 0. The van der Waals surface area contributed by atoms with Crippen molar-refractivity contribution in [3.05, 3.63) is 127 Å². The van der Waals surface area contributed by atoms with Crippen LogP contribution in [0.4, 0.5) is 17.3 Å². The summed E-state index contributed by atoms with van der Waals surface area (Å²) in [7, 11) is 0. The third kappa shape index (κ3) is 3.14. The maximum atomic E-state index is 6.55. The van der Waals surface area contributed by atoms with Crippen molar-refractivity contribution in [2.75, 3.05) is 4.90 Å². The van der Waals surface area contributed by atoms with Crippen molar-refractivity contribution in [3.63, 3.8) is 0 Å². The van der Waals surface area contributed by atoms with E-state index < -0.39 is 0 Å². The van der Waals surface area contributed by atoms with Gasteiger partial charge in [0, 0.05) is 42.1 Å². The maximum Gasteiger partial charge on any atom is 0.236 e. The van der Waals surface area contributed by atoms with Gasteiger partial charge in [-0.05, 0) is 41.3 Å². The lowest BCUT2D eigenvalue weighted by Gasteiger charge is -2.32. The van der Waals surface area contributed by atoms with Crippen LogP contribution in [0.3, 0.4) is 0 Å². The van der Waals surface area contributed by atoms with Crippen LogP contribution in [0.5, 0.6) is 0 Å². The first-order valence-corrected chi connectivity index (χ1v) is 15.2. The molecule has 4 heterocycles. The van der Waals surface area contributed by atoms with Gasteiger partial charge in [-0.3, -0.25) is 4.90 Å². The number of rotatable bonds is 2. The first-order valence-electron chi connectivity index (χ1n) is 14.3. The van der Waals surface area contributed by atoms with E-state index >= 15 is 0 Å². The van der Waals surface area contributed by atoms with E-state index in [0.717, 1.165) is 39.1 Å². The summed E-state index contributed by atoms with van der Waals surface area (Å²) < 4.78 is 9.00. The molecule has 0 amide bonds. The fourth-order valence-electron chi connectivity index (χ4n) is 6.77. The number of nitrogens with zero attached hydrogens (tertiary/aromatic N) is 3. The molecular formula is C38H21N3OS. The number of aromatic nitrogens is 2. The molecule has 4 nitrogen and oxygen atoms in total. The second-order valence-corrected chi connectivity index (χ2v) is 12.0. The van der Waals surface area contributed by atoms with Gasteiger partial charge in [0.1, 0.15) is 16.8 Å². The average molecular weight is 568 g/mol. The standard InChI is InChI=1S/C38H21N3OS/c1-4-18-29-23(12-1)25-15-7-10-22-11-8-19-30(33(22)25)41(29)38-39-34-27-14-2-5-20-31(27)42-36(34)35(40-38)28-17-9-16-26-24-13-3-6-21-32(24)43-37(26)28/h1-21H. The lowest BCUT2D eigenvalue weighted by Crippen LogP contribution is -2.17. The van der Waals surface area contributed by atoms with Gasteiger partial charge in [0.25, 0.3) is 0 Å². The minimum atomic E-state index is 0.627. The fraction of sp³-hybridized carbons (Fsp3) is 0. The normalized spacial score (nSPS) is 12.6. The van der Waals surface area contributed by atoms with Gasteiger partial charge in [-0.15, -0.1) is 11.3 Å². The Balaban J connectivity index is 1.34. The molecule has 1 aliphatic heterocycles. The quantitative estimate of drug-likeness (QED) is 0.208. The highest BCUT2D eigenvalue weighted by Crippen LogP contribution is 2.51. The van der Waals surface area contributed by atoms with Crippen LogP contribution in [0.15, 0.2) is 132 Å². The zero-order valence-corrected chi connectivity index (χ0v) is 23.6. The molecule has 0 radical (unpaired) electrons. The SMILES string of the molecule is c1ccc2c(c1)-c1cccc3cccc(c13)N2c1nc(-c2cccc3c2sc2ccccc23)c2oc3ccccc3c2n1. The van der Waals surface area contributed by atoms with Gasteiger partial charge in [0.2, 0.25) is 5.95 Å². The van der Waals surface area contributed by atoms with Crippen LogP contribution in [-0.4, -0.2) is 9.97 Å². The van der Waals surface area contributed by atoms with Gasteiger partial charge in [-0.25, -0.2) is 9.97 Å². The summed E-state index contributed by atoms with van der Waals surface area (Å²) in [6, 6.07) is 44.8. The molecule has 0 atom stereocenters. The van der Waals surface area contributed by atoms with E-state index in [1.54, 1.807) is 11.3 Å². The summed E-state index contributed by atoms with van der Waals surface area (Å²) in [6.45, 7) is 0. The molecule has 200 valence electrons. The molecule has 1 aliphatic rings. The molecule has 0 N–H and O–H groups in total. The number of benzene rings is 6. The highest BCUT2D eigenvalue weighted by Gasteiger charge is 2.29. The molecule has 0 saturated carbocycles. The minimum absolute atomic E-state index is 0.627. The molecule has 10 rings (SSSR count). The van der Waals surface area contributed by atoms with Crippen molar-refractivity contribution in [2.24, 2.45) is 0 Å². The predicted molar refractivity (Wildman–Crippen MR) is 179 cm³/mol. The van der Waals surface area contributed by atoms with Gasteiger partial charge in [-0.2, -0.15) is 0 Å². The lowest BCUT2D eigenvalue weighted by atomic mass is 9.91. The zero-order chi connectivity index (χ0) is 28.1. The van der Waals surface area contributed by atoms with Crippen LogP contribution in [0.1, 0.15) is 0 Å². The van der Waals surface area contributed by atoms with Gasteiger partial charge in [0.15, 0.2) is 5.58 Å². The van der Waals surface area contributed by atoms with Crippen LogP contribution in [0.25, 0.3) is 75.4 Å². The predicted octanol–water partition coefficient (Wildman–Crippen LogP) is 11.0. The Hall–Kier alpha value is -5.52.